The first-order valence-corrected chi connectivity index (χ1v) is 11.1. The lowest BCUT2D eigenvalue weighted by Gasteiger charge is -2.49. The van der Waals surface area contributed by atoms with Crippen LogP contribution in [0.3, 0.4) is 0 Å². The van der Waals surface area contributed by atoms with Gasteiger partial charge in [-0.05, 0) is 64.5 Å². The normalized spacial score (nSPS) is 22.9. The van der Waals surface area contributed by atoms with E-state index in [1.54, 1.807) is 6.92 Å². The summed E-state index contributed by atoms with van der Waals surface area (Å²) in [5.74, 6) is 1.49. The third-order valence-electron chi connectivity index (χ3n) is 6.22. The van der Waals surface area contributed by atoms with Gasteiger partial charge in [-0.25, -0.2) is 0 Å². The molecule has 2 aliphatic heterocycles. The molecule has 0 aromatic heterocycles. The zero-order valence-corrected chi connectivity index (χ0v) is 17.9. The van der Waals surface area contributed by atoms with Crippen molar-refractivity contribution in [1.29, 1.82) is 0 Å². The average Bonchev–Trinajstić information content (AvgIpc) is 2.63. The lowest BCUT2D eigenvalue weighted by molar-refractivity contribution is -0.143. The summed E-state index contributed by atoms with van der Waals surface area (Å²) in [5.41, 5.74) is -0.0239. The average molecular weight is 367 g/mol. The Balaban J connectivity index is 0.000000615. The highest BCUT2D eigenvalue weighted by molar-refractivity contribution is 5.83. The molecule has 2 saturated heterocycles. The SMILES string of the molecule is CC.CC(=O)C1(C2CCN(C(=O)C3CCNCC3)CC2)CCC1.CCC. The van der Waals surface area contributed by atoms with Crippen molar-refractivity contribution >= 4 is 11.7 Å². The minimum atomic E-state index is -0.0239. The molecule has 1 aliphatic carbocycles. The van der Waals surface area contributed by atoms with Gasteiger partial charge in [0.25, 0.3) is 0 Å². The van der Waals surface area contributed by atoms with E-state index in [-0.39, 0.29) is 11.3 Å². The Hall–Kier alpha value is -0.900. The van der Waals surface area contributed by atoms with Crippen LogP contribution in [-0.4, -0.2) is 42.8 Å². The van der Waals surface area contributed by atoms with Gasteiger partial charge in [0, 0.05) is 24.4 Å². The van der Waals surface area contributed by atoms with E-state index in [4.69, 9.17) is 0 Å². The van der Waals surface area contributed by atoms with Gasteiger partial charge in [0.05, 0.1) is 0 Å². The number of nitrogens with one attached hydrogen (secondary N) is 1. The van der Waals surface area contributed by atoms with Crippen LogP contribution in [0, 0.1) is 17.3 Å². The van der Waals surface area contributed by atoms with Gasteiger partial charge in [-0.3, -0.25) is 9.59 Å². The first-order chi connectivity index (χ1) is 12.5. The van der Waals surface area contributed by atoms with Crippen molar-refractivity contribution in [3.8, 4) is 0 Å². The Morgan fingerprint density at radius 3 is 1.88 bits per heavy atom. The second kappa shape index (κ2) is 11.7. The Labute approximate surface area is 161 Å². The molecule has 4 nitrogen and oxygen atoms in total. The molecule has 0 bridgehead atoms. The molecule has 0 spiro atoms. The Kier molecular flexibility index (Phi) is 10.4. The molecule has 3 aliphatic rings. The highest BCUT2D eigenvalue weighted by atomic mass is 16.2. The minimum absolute atomic E-state index is 0.0239. The van der Waals surface area contributed by atoms with Crippen molar-refractivity contribution in [3.05, 3.63) is 0 Å². The number of carbonyl (C=O) groups excluding carboxylic acids is 2. The molecule has 1 amide bonds. The van der Waals surface area contributed by atoms with E-state index < -0.39 is 0 Å². The van der Waals surface area contributed by atoms with Crippen LogP contribution in [0.5, 0.6) is 0 Å². The molecule has 1 N–H and O–H groups in total. The van der Waals surface area contributed by atoms with Crippen LogP contribution in [0.2, 0.25) is 0 Å². The molecule has 3 rings (SSSR count). The fourth-order valence-corrected chi connectivity index (χ4v) is 4.58. The highest BCUT2D eigenvalue weighted by Crippen LogP contribution is 2.51. The molecule has 3 fully saturated rings. The fraction of sp³-hybridized carbons (Fsp3) is 0.909. The van der Waals surface area contributed by atoms with E-state index in [0.29, 0.717) is 17.6 Å². The van der Waals surface area contributed by atoms with Crippen molar-refractivity contribution in [2.24, 2.45) is 17.3 Å². The molecule has 26 heavy (non-hydrogen) atoms. The molecular formula is C22H42N2O2. The number of amides is 1. The maximum atomic E-state index is 12.6. The van der Waals surface area contributed by atoms with Gasteiger partial charge in [-0.15, -0.1) is 0 Å². The maximum absolute atomic E-state index is 12.6. The zero-order valence-electron chi connectivity index (χ0n) is 17.9. The zero-order chi connectivity index (χ0) is 19.6. The molecule has 0 atom stereocenters. The Bertz CT molecular complexity index is 418. The lowest BCUT2D eigenvalue weighted by Crippen LogP contribution is -2.50. The number of nitrogens with zero attached hydrogens (tertiary/aromatic N) is 1. The number of carbonyl (C=O) groups is 2. The summed E-state index contributed by atoms with van der Waals surface area (Å²) >= 11 is 0. The third-order valence-corrected chi connectivity index (χ3v) is 6.22. The van der Waals surface area contributed by atoms with Crippen LogP contribution in [0.15, 0.2) is 0 Å². The summed E-state index contributed by atoms with van der Waals surface area (Å²) in [4.78, 5) is 26.6. The molecular weight excluding hydrogens is 324 g/mol. The molecule has 4 heteroatoms. The van der Waals surface area contributed by atoms with Gasteiger partial charge in [0.15, 0.2) is 0 Å². The van der Waals surface area contributed by atoms with E-state index in [1.807, 2.05) is 13.8 Å². The third kappa shape index (κ3) is 5.55. The number of likely N-dealkylation sites (tertiary alicyclic amines) is 1. The largest absolute Gasteiger partial charge is 0.342 e. The minimum Gasteiger partial charge on any atom is -0.342 e. The first kappa shape index (κ1) is 23.1. The second-order valence-electron chi connectivity index (χ2n) is 7.90. The highest BCUT2D eigenvalue weighted by Gasteiger charge is 2.48. The van der Waals surface area contributed by atoms with Crippen molar-refractivity contribution in [3.63, 3.8) is 0 Å². The number of hydrogen-bond donors (Lipinski definition) is 1. The molecule has 0 aromatic rings. The molecule has 0 radical (unpaired) electrons. The van der Waals surface area contributed by atoms with Gasteiger partial charge >= 0.3 is 0 Å². The van der Waals surface area contributed by atoms with E-state index in [2.05, 4.69) is 24.1 Å². The summed E-state index contributed by atoms with van der Waals surface area (Å²) in [6.45, 7) is 13.7. The van der Waals surface area contributed by atoms with Crippen LogP contribution in [0.25, 0.3) is 0 Å². The molecule has 0 aromatic carbocycles. The number of Topliss-reactive ketones (excluding diaryl/α,β-unsaturated/α-hetero) is 1. The van der Waals surface area contributed by atoms with Crippen LogP contribution in [0.4, 0.5) is 0 Å². The maximum Gasteiger partial charge on any atom is 0.225 e. The standard InChI is InChI=1S/C17H28N2O2.C3H8.C2H6/c1-13(20)17(7-2-8-17)15-5-11-19(12-6-15)16(21)14-3-9-18-10-4-14;1-3-2;1-2/h14-15,18H,2-12H2,1H3;3H2,1-2H3;1-2H3. The van der Waals surface area contributed by atoms with Crippen LogP contribution >= 0.6 is 0 Å². The van der Waals surface area contributed by atoms with Crippen molar-refractivity contribution < 1.29 is 9.59 Å². The van der Waals surface area contributed by atoms with Gasteiger partial charge < -0.3 is 10.2 Å². The fourth-order valence-electron chi connectivity index (χ4n) is 4.58. The van der Waals surface area contributed by atoms with E-state index in [1.165, 1.54) is 12.8 Å². The Morgan fingerprint density at radius 2 is 1.50 bits per heavy atom. The van der Waals surface area contributed by atoms with Crippen LogP contribution < -0.4 is 5.32 Å². The predicted octanol–water partition coefficient (Wildman–Crippen LogP) is 4.43. The summed E-state index contributed by atoms with van der Waals surface area (Å²) in [6.07, 6.45) is 8.62. The van der Waals surface area contributed by atoms with Gasteiger partial charge in [0.2, 0.25) is 5.91 Å². The van der Waals surface area contributed by atoms with E-state index in [9.17, 15) is 9.59 Å². The van der Waals surface area contributed by atoms with Gasteiger partial charge in [-0.2, -0.15) is 0 Å². The van der Waals surface area contributed by atoms with E-state index >= 15 is 0 Å². The monoisotopic (exact) mass is 366 g/mol. The lowest BCUT2D eigenvalue weighted by atomic mass is 9.57. The predicted molar refractivity (Wildman–Crippen MR) is 109 cm³/mol. The van der Waals surface area contributed by atoms with E-state index in [0.717, 1.165) is 64.7 Å². The molecule has 0 unspecified atom stereocenters. The molecule has 152 valence electrons. The van der Waals surface area contributed by atoms with Crippen molar-refractivity contribution in [2.45, 2.75) is 86.0 Å². The summed E-state index contributed by atoms with van der Waals surface area (Å²) in [6, 6.07) is 0. The molecule has 1 saturated carbocycles. The quantitative estimate of drug-likeness (QED) is 0.804. The van der Waals surface area contributed by atoms with Crippen LogP contribution in [-0.2, 0) is 9.59 Å². The van der Waals surface area contributed by atoms with Gasteiger partial charge in [0.1, 0.15) is 5.78 Å². The number of piperidine rings is 2. The van der Waals surface area contributed by atoms with Gasteiger partial charge in [-0.1, -0.05) is 40.5 Å². The topological polar surface area (TPSA) is 49.4 Å². The van der Waals surface area contributed by atoms with Crippen LogP contribution in [0.1, 0.15) is 86.0 Å². The smallest absolute Gasteiger partial charge is 0.225 e. The summed E-state index contributed by atoms with van der Waals surface area (Å²) in [7, 11) is 0. The number of ketones is 1. The van der Waals surface area contributed by atoms with Crippen molar-refractivity contribution in [1.82, 2.24) is 10.2 Å². The molecule has 2 heterocycles. The Morgan fingerprint density at radius 1 is 1.00 bits per heavy atom. The number of hydrogen-bond acceptors (Lipinski definition) is 3. The first-order valence-electron chi connectivity index (χ1n) is 11.1. The van der Waals surface area contributed by atoms with Crippen molar-refractivity contribution in [2.75, 3.05) is 26.2 Å². The number of rotatable bonds is 3. The second-order valence-corrected chi connectivity index (χ2v) is 7.90. The summed E-state index contributed by atoms with van der Waals surface area (Å²) < 4.78 is 0. The summed E-state index contributed by atoms with van der Waals surface area (Å²) in [5, 5.41) is 3.32.